The Morgan fingerprint density at radius 2 is 1.85 bits per heavy atom. The zero-order valence-electron chi connectivity index (χ0n) is 15.2. The first-order valence-electron chi connectivity index (χ1n) is 8.77. The van der Waals surface area contributed by atoms with Gasteiger partial charge >= 0.3 is 0 Å². The van der Waals surface area contributed by atoms with Crippen LogP contribution in [0, 0.1) is 0 Å². The highest BCUT2D eigenvalue weighted by Crippen LogP contribution is 2.21. The largest absolute Gasteiger partial charge is 0.369 e. The highest BCUT2D eigenvalue weighted by molar-refractivity contribution is 7.91. The number of hydrogen-bond donors (Lipinski definition) is 2. The maximum Gasteiger partial charge on any atom is 0.250 e. The van der Waals surface area contributed by atoms with Gasteiger partial charge < -0.3 is 15.1 Å². The summed E-state index contributed by atoms with van der Waals surface area (Å²) in [5, 5.41) is 4.49. The number of likely N-dealkylation sites (N-methyl/N-ethyl adjacent to an activating group) is 1. The number of benzene rings is 1. The van der Waals surface area contributed by atoms with Crippen molar-refractivity contribution >= 4 is 33.0 Å². The summed E-state index contributed by atoms with van der Waals surface area (Å²) in [5.74, 6) is -0.358. The van der Waals surface area contributed by atoms with Crippen LogP contribution in [-0.4, -0.2) is 59.0 Å². The molecule has 0 saturated carbocycles. The molecule has 1 fully saturated rings. The van der Waals surface area contributed by atoms with E-state index >= 15 is 0 Å². The number of thiophene rings is 1. The van der Waals surface area contributed by atoms with Crippen LogP contribution in [0.4, 0.5) is 5.69 Å². The number of sulfonamides is 1. The van der Waals surface area contributed by atoms with Crippen molar-refractivity contribution in [3.05, 3.63) is 47.3 Å². The van der Waals surface area contributed by atoms with Crippen molar-refractivity contribution in [1.29, 1.82) is 0 Å². The van der Waals surface area contributed by atoms with Crippen molar-refractivity contribution < 1.29 is 13.2 Å². The molecule has 1 aromatic carbocycles. The normalized spacial score (nSPS) is 15.7. The van der Waals surface area contributed by atoms with Gasteiger partial charge in [0.05, 0.1) is 6.54 Å². The Balaban J connectivity index is 1.55. The zero-order chi connectivity index (χ0) is 19.3. The van der Waals surface area contributed by atoms with Crippen LogP contribution in [0.5, 0.6) is 0 Å². The van der Waals surface area contributed by atoms with E-state index in [1.165, 1.54) is 6.07 Å². The van der Waals surface area contributed by atoms with Crippen molar-refractivity contribution in [2.45, 2.75) is 10.8 Å². The van der Waals surface area contributed by atoms with Crippen LogP contribution in [0.15, 0.2) is 46.0 Å². The number of amides is 1. The second kappa shape index (κ2) is 8.83. The van der Waals surface area contributed by atoms with Gasteiger partial charge in [-0.15, -0.1) is 11.3 Å². The second-order valence-electron chi connectivity index (χ2n) is 6.45. The van der Waals surface area contributed by atoms with Gasteiger partial charge in [-0.25, -0.2) is 13.1 Å². The molecule has 1 aliphatic rings. The third kappa shape index (κ3) is 5.29. The molecule has 7 nitrogen and oxygen atoms in total. The maximum atomic E-state index is 12.1. The number of hydrogen-bond acceptors (Lipinski definition) is 6. The lowest BCUT2D eigenvalue weighted by atomic mass is 10.1. The lowest BCUT2D eigenvalue weighted by Gasteiger charge is -2.35. The second-order valence-corrected chi connectivity index (χ2v) is 9.39. The van der Waals surface area contributed by atoms with Gasteiger partial charge in [0.2, 0.25) is 5.91 Å². The van der Waals surface area contributed by atoms with Crippen LogP contribution < -0.4 is 14.9 Å². The summed E-state index contributed by atoms with van der Waals surface area (Å²) >= 11 is 1.12. The molecule has 27 heavy (non-hydrogen) atoms. The molecule has 1 saturated heterocycles. The zero-order valence-corrected chi connectivity index (χ0v) is 16.9. The average Bonchev–Trinajstić information content (AvgIpc) is 3.22. The van der Waals surface area contributed by atoms with E-state index in [2.05, 4.69) is 33.0 Å². The summed E-state index contributed by atoms with van der Waals surface area (Å²) in [6, 6.07) is 11.2. The van der Waals surface area contributed by atoms with E-state index in [-0.39, 0.29) is 16.7 Å². The van der Waals surface area contributed by atoms with Gasteiger partial charge in [0.25, 0.3) is 10.0 Å². The summed E-state index contributed by atoms with van der Waals surface area (Å²) in [5.41, 5.74) is 2.14. The number of anilines is 1. The molecule has 0 bridgehead atoms. The molecule has 0 radical (unpaired) electrons. The fourth-order valence-corrected chi connectivity index (χ4v) is 4.94. The Kier molecular flexibility index (Phi) is 6.48. The smallest absolute Gasteiger partial charge is 0.250 e. The van der Waals surface area contributed by atoms with Gasteiger partial charge in [0, 0.05) is 38.4 Å². The Morgan fingerprint density at radius 3 is 2.56 bits per heavy atom. The van der Waals surface area contributed by atoms with Gasteiger partial charge in [0.15, 0.2) is 0 Å². The molecule has 1 amide bonds. The number of piperazine rings is 1. The topological polar surface area (TPSA) is 81.8 Å². The van der Waals surface area contributed by atoms with Crippen molar-refractivity contribution in [2.24, 2.45) is 0 Å². The van der Waals surface area contributed by atoms with Crippen LogP contribution in [-0.2, 0) is 21.4 Å². The third-order valence-electron chi connectivity index (χ3n) is 4.49. The number of rotatable bonds is 7. The van der Waals surface area contributed by atoms with E-state index in [0.717, 1.165) is 48.8 Å². The highest BCUT2D eigenvalue weighted by Gasteiger charge is 2.18. The molecule has 1 aliphatic heterocycles. The lowest BCUT2D eigenvalue weighted by Crippen LogP contribution is -2.45. The molecule has 0 spiro atoms. The Bertz CT molecular complexity index is 860. The van der Waals surface area contributed by atoms with Gasteiger partial charge in [-0.3, -0.25) is 4.79 Å². The Morgan fingerprint density at radius 1 is 1.11 bits per heavy atom. The molecule has 2 heterocycles. The monoisotopic (exact) mass is 408 g/mol. The fourth-order valence-electron chi connectivity index (χ4n) is 2.92. The summed E-state index contributed by atoms with van der Waals surface area (Å²) < 4.78 is 26.7. The van der Waals surface area contributed by atoms with Crippen LogP contribution >= 0.6 is 11.3 Å². The molecule has 0 unspecified atom stereocenters. The van der Waals surface area contributed by atoms with E-state index in [0.29, 0.717) is 6.54 Å². The minimum atomic E-state index is -3.63. The van der Waals surface area contributed by atoms with E-state index in [1.54, 1.807) is 11.4 Å². The summed E-state index contributed by atoms with van der Waals surface area (Å²) in [6.07, 6.45) is 0. The van der Waals surface area contributed by atoms with Crippen LogP contribution in [0.1, 0.15) is 5.56 Å². The average molecular weight is 409 g/mol. The van der Waals surface area contributed by atoms with Gasteiger partial charge in [-0.1, -0.05) is 24.3 Å². The van der Waals surface area contributed by atoms with Crippen LogP contribution in [0.25, 0.3) is 0 Å². The van der Waals surface area contributed by atoms with Gasteiger partial charge in [0.1, 0.15) is 4.21 Å². The van der Waals surface area contributed by atoms with Gasteiger partial charge in [-0.2, -0.15) is 0 Å². The van der Waals surface area contributed by atoms with Crippen molar-refractivity contribution in [2.75, 3.05) is 44.7 Å². The number of carbonyl (C=O) groups is 1. The van der Waals surface area contributed by atoms with Crippen LogP contribution in [0.2, 0.25) is 0 Å². The molecule has 2 aromatic rings. The summed E-state index contributed by atoms with van der Waals surface area (Å²) in [7, 11) is -1.52. The molecule has 2 N–H and O–H groups in total. The predicted molar refractivity (Wildman–Crippen MR) is 108 cm³/mol. The first-order chi connectivity index (χ1) is 13.0. The predicted octanol–water partition coefficient (Wildman–Crippen LogP) is 1.09. The highest BCUT2D eigenvalue weighted by atomic mass is 32.2. The Labute approximate surface area is 164 Å². The lowest BCUT2D eigenvalue weighted by molar-refractivity contribution is -0.120. The van der Waals surface area contributed by atoms with Gasteiger partial charge in [-0.05, 0) is 30.1 Å². The van der Waals surface area contributed by atoms with E-state index in [1.807, 2.05) is 18.2 Å². The minimum absolute atomic E-state index is 0.204. The molecule has 1 aromatic heterocycles. The molecule has 3 rings (SSSR count). The first kappa shape index (κ1) is 19.8. The number of nitrogens with zero attached hydrogens (tertiary/aromatic N) is 2. The summed E-state index contributed by atoms with van der Waals surface area (Å²) in [4.78, 5) is 16.7. The van der Waals surface area contributed by atoms with Crippen molar-refractivity contribution in [3.8, 4) is 0 Å². The standard InChI is InChI=1S/C18H24N4O3S2/c1-21-8-10-22(11-9-21)16-6-3-2-5-15(16)13-19-17(23)14-20-27(24,25)18-7-4-12-26-18/h2-7,12,20H,8-11,13-14H2,1H3,(H,19,23). The van der Waals surface area contributed by atoms with Crippen molar-refractivity contribution in [1.82, 2.24) is 14.9 Å². The molecule has 146 valence electrons. The number of para-hydroxylation sites is 1. The molecular weight excluding hydrogens is 384 g/mol. The molecule has 0 aliphatic carbocycles. The van der Waals surface area contributed by atoms with Crippen LogP contribution in [0.3, 0.4) is 0 Å². The molecule has 0 atom stereocenters. The van der Waals surface area contributed by atoms with Crippen molar-refractivity contribution in [3.63, 3.8) is 0 Å². The molecular formula is C18H24N4O3S2. The maximum absolute atomic E-state index is 12.1. The summed E-state index contributed by atoms with van der Waals surface area (Å²) in [6.45, 7) is 3.99. The first-order valence-corrected chi connectivity index (χ1v) is 11.1. The fraction of sp³-hybridized carbons (Fsp3) is 0.389. The van der Waals surface area contributed by atoms with E-state index < -0.39 is 10.0 Å². The SMILES string of the molecule is CN1CCN(c2ccccc2CNC(=O)CNS(=O)(=O)c2cccs2)CC1. The number of nitrogens with one attached hydrogen (secondary N) is 2. The third-order valence-corrected chi connectivity index (χ3v) is 7.29. The molecule has 9 heteroatoms. The minimum Gasteiger partial charge on any atom is -0.369 e. The number of carbonyl (C=O) groups excluding carboxylic acids is 1. The quantitative estimate of drug-likeness (QED) is 0.717. The van der Waals surface area contributed by atoms with E-state index in [9.17, 15) is 13.2 Å². The Hall–Kier alpha value is -1.94. The van der Waals surface area contributed by atoms with E-state index in [4.69, 9.17) is 0 Å².